The van der Waals surface area contributed by atoms with Crippen LogP contribution in [-0.2, 0) is 11.2 Å². The number of nitrogens with zero attached hydrogens (tertiary/aromatic N) is 3. The second kappa shape index (κ2) is 8.14. The molecule has 0 aromatic carbocycles. The van der Waals surface area contributed by atoms with Crippen LogP contribution in [-0.4, -0.2) is 53.0 Å². The van der Waals surface area contributed by atoms with Gasteiger partial charge in [-0.25, -0.2) is 9.97 Å². The quantitative estimate of drug-likeness (QED) is 0.613. The van der Waals surface area contributed by atoms with Gasteiger partial charge in [-0.1, -0.05) is 18.7 Å². The fourth-order valence-corrected chi connectivity index (χ4v) is 4.00. The molecule has 126 valence electrons. The number of halogens is 1. The summed E-state index contributed by atoms with van der Waals surface area (Å²) in [5.41, 5.74) is 0. The van der Waals surface area contributed by atoms with Crippen LogP contribution < -0.4 is 10.2 Å². The third kappa shape index (κ3) is 4.26. The Morgan fingerprint density at radius 1 is 1.43 bits per heavy atom. The highest BCUT2D eigenvalue weighted by Gasteiger charge is 2.19. The van der Waals surface area contributed by atoms with Crippen LogP contribution >= 0.6 is 35.5 Å². The smallest absolute Gasteiger partial charge is 0.313 e. The molecule has 0 spiro atoms. The number of thiophene rings is 1. The topological polar surface area (TPSA) is 78.4 Å². The molecule has 0 atom stereocenters. The van der Waals surface area contributed by atoms with Gasteiger partial charge in [-0.05, 0) is 12.5 Å². The number of carboxylic acid groups (broad SMARTS) is 1. The van der Waals surface area contributed by atoms with Gasteiger partial charge in [0.25, 0.3) is 0 Å². The van der Waals surface area contributed by atoms with Gasteiger partial charge >= 0.3 is 5.97 Å². The van der Waals surface area contributed by atoms with Gasteiger partial charge in [-0.15, -0.1) is 23.7 Å². The molecule has 0 unspecified atom stereocenters. The Kier molecular flexibility index (Phi) is 6.46. The van der Waals surface area contributed by atoms with Crippen molar-refractivity contribution in [3.8, 4) is 0 Å². The van der Waals surface area contributed by atoms with Gasteiger partial charge in [0, 0.05) is 31.1 Å². The predicted molar refractivity (Wildman–Crippen MR) is 97.5 cm³/mol. The van der Waals surface area contributed by atoms with E-state index in [1.165, 1.54) is 16.6 Å². The summed E-state index contributed by atoms with van der Waals surface area (Å²) < 4.78 is 0. The number of carbonyl (C=O) groups is 1. The van der Waals surface area contributed by atoms with E-state index in [2.05, 4.69) is 33.2 Å². The lowest BCUT2D eigenvalue weighted by Gasteiger charge is -2.29. The molecule has 0 amide bonds. The van der Waals surface area contributed by atoms with Crippen molar-refractivity contribution in [3.05, 3.63) is 10.9 Å². The summed E-state index contributed by atoms with van der Waals surface area (Å²) in [5, 5.41) is 13.8. The summed E-state index contributed by atoms with van der Waals surface area (Å²) in [6, 6.07) is 2.17. The highest BCUT2D eigenvalue weighted by molar-refractivity contribution is 7.99. The fourth-order valence-electron chi connectivity index (χ4n) is 2.42. The molecule has 1 saturated heterocycles. The first-order chi connectivity index (χ1) is 10.7. The molecule has 2 N–H and O–H groups in total. The second-order valence-corrected chi connectivity index (χ2v) is 7.09. The normalized spacial score (nSPS) is 14.7. The molecule has 2 aromatic rings. The molecule has 1 fully saturated rings. The van der Waals surface area contributed by atoms with Crippen LogP contribution in [0.5, 0.6) is 0 Å². The third-order valence-corrected chi connectivity index (χ3v) is 5.50. The summed E-state index contributed by atoms with van der Waals surface area (Å²) in [5.74, 6) is 0.0755. The molecule has 0 bridgehead atoms. The molecule has 2 aromatic heterocycles. The van der Waals surface area contributed by atoms with Gasteiger partial charge in [0.2, 0.25) is 0 Å². The number of thioether (sulfide) groups is 1. The second-order valence-electron chi connectivity index (χ2n) is 5.03. The standard InChI is InChI=1S/C14H18N4O2S2.ClH/c1-2-9-7-10-12(18-5-3-15-4-6-18)16-14(17-13(10)22-9)21-8-11(19)20;/h7,15H,2-6,8H2,1H3,(H,19,20);1H. The van der Waals surface area contributed by atoms with Crippen molar-refractivity contribution in [3.63, 3.8) is 0 Å². The molecule has 23 heavy (non-hydrogen) atoms. The number of aromatic nitrogens is 2. The van der Waals surface area contributed by atoms with Gasteiger partial charge in [0.1, 0.15) is 10.6 Å². The SMILES string of the molecule is CCc1cc2c(N3CCNCC3)nc(SCC(=O)O)nc2s1.Cl. The van der Waals surface area contributed by atoms with Crippen LogP contribution in [0.15, 0.2) is 11.2 Å². The molecule has 1 aliphatic rings. The highest BCUT2D eigenvalue weighted by atomic mass is 35.5. The Labute approximate surface area is 149 Å². The number of hydrogen-bond donors (Lipinski definition) is 2. The number of hydrogen-bond acceptors (Lipinski definition) is 7. The number of aryl methyl sites for hydroxylation is 1. The molecule has 0 radical (unpaired) electrons. The molecule has 0 saturated carbocycles. The molecule has 0 aliphatic carbocycles. The Morgan fingerprint density at radius 3 is 2.83 bits per heavy atom. The minimum Gasteiger partial charge on any atom is -0.481 e. The molecule has 1 aliphatic heterocycles. The monoisotopic (exact) mass is 374 g/mol. The molecule has 3 rings (SSSR count). The van der Waals surface area contributed by atoms with E-state index in [9.17, 15) is 4.79 Å². The van der Waals surface area contributed by atoms with Gasteiger partial charge in [0.05, 0.1) is 11.1 Å². The number of carboxylic acids is 1. The van der Waals surface area contributed by atoms with E-state index in [0.29, 0.717) is 5.16 Å². The van der Waals surface area contributed by atoms with Gasteiger partial charge in [0.15, 0.2) is 5.16 Å². The van der Waals surface area contributed by atoms with Crippen LogP contribution in [0.25, 0.3) is 10.2 Å². The van der Waals surface area contributed by atoms with E-state index in [4.69, 9.17) is 5.11 Å². The summed E-state index contributed by atoms with van der Waals surface area (Å²) >= 11 is 2.85. The predicted octanol–water partition coefficient (Wildman–Crippen LogP) is 2.26. The minimum absolute atomic E-state index is 0. The maximum Gasteiger partial charge on any atom is 0.313 e. The number of rotatable bonds is 5. The summed E-state index contributed by atoms with van der Waals surface area (Å²) in [6.07, 6.45) is 0.972. The van der Waals surface area contributed by atoms with Crippen LogP contribution in [0.1, 0.15) is 11.8 Å². The van der Waals surface area contributed by atoms with Crippen LogP contribution in [0.3, 0.4) is 0 Å². The van der Waals surface area contributed by atoms with E-state index in [-0.39, 0.29) is 18.2 Å². The average Bonchev–Trinajstić information content (AvgIpc) is 2.96. The molecule has 6 nitrogen and oxygen atoms in total. The fraction of sp³-hybridized carbons (Fsp3) is 0.500. The number of aliphatic carboxylic acids is 1. The van der Waals surface area contributed by atoms with Crippen molar-refractivity contribution >= 4 is 57.5 Å². The lowest BCUT2D eigenvalue weighted by Crippen LogP contribution is -2.44. The van der Waals surface area contributed by atoms with Crippen LogP contribution in [0, 0.1) is 0 Å². The van der Waals surface area contributed by atoms with Crippen molar-refractivity contribution in [2.45, 2.75) is 18.5 Å². The van der Waals surface area contributed by atoms with E-state index >= 15 is 0 Å². The number of fused-ring (bicyclic) bond motifs is 1. The Hall–Kier alpha value is -1.09. The first kappa shape index (κ1) is 18.3. The van der Waals surface area contributed by atoms with Crippen molar-refractivity contribution in [2.75, 3.05) is 36.8 Å². The highest BCUT2D eigenvalue weighted by Crippen LogP contribution is 2.33. The van der Waals surface area contributed by atoms with E-state index in [1.807, 2.05) is 0 Å². The zero-order valence-electron chi connectivity index (χ0n) is 12.7. The van der Waals surface area contributed by atoms with Crippen molar-refractivity contribution in [2.24, 2.45) is 0 Å². The summed E-state index contributed by atoms with van der Waals surface area (Å²) in [7, 11) is 0. The van der Waals surface area contributed by atoms with Gasteiger partial charge in [-0.2, -0.15) is 0 Å². The largest absolute Gasteiger partial charge is 0.481 e. The number of nitrogens with one attached hydrogen (secondary N) is 1. The maximum absolute atomic E-state index is 10.8. The molecular formula is C14H19ClN4O2S2. The van der Waals surface area contributed by atoms with Crippen LogP contribution in [0.2, 0.25) is 0 Å². The van der Waals surface area contributed by atoms with Crippen molar-refractivity contribution < 1.29 is 9.90 Å². The summed E-state index contributed by atoms with van der Waals surface area (Å²) in [4.78, 5) is 24.4. The van der Waals surface area contributed by atoms with E-state index in [1.54, 1.807) is 11.3 Å². The lowest BCUT2D eigenvalue weighted by molar-refractivity contribution is -0.133. The summed E-state index contributed by atoms with van der Waals surface area (Å²) in [6.45, 7) is 5.82. The van der Waals surface area contributed by atoms with E-state index < -0.39 is 5.97 Å². The Morgan fingerprint density at radius 2 is 2.17 bits per heavy atom. The molecular weight excluding hydrogens is 356 g/mol. The Balaban J connectivity index is 0.00000192. The minimum atomic E-state index is -0.849. The molecule has 3 heterocycles. The first-order valence-electron chi connectivity index (χ1n) is 7.28. The third-order valence-electron chi connectivity index (χ3n) is 3.49. The van der Waals surface area contributed by atoms with Crippen molar-refractivity contribution in [1.82, 2.24) is 15.3 Å². The van der Waals surface area contributed by atoms with Gasteiger partial charge in [-0.3, -0.25) is 4.79 Å². The molecule has 9 heteroatoms. The average molecular weight is 375 g/mol. The lowest BCUT2D eigenvalue weighted by atomic mass is 10.2. The zero-order chi connectivity index (χ0) is 15.5. The number of anilines is 1. The van der Waals surface area contributed by atoms with Crippen LogP contribution in [0.4, 0.5) is 5.82 Å². The maximum atomic E-state index is 10.8. The van der Waals surface area contributed by atoms with Gasteiger partial charge < -0.3 is 15.3 Å². The first-order valence-corrected chi connectivity index (χ1v) is 9.08. The zero-order valence-corrected chi connectivity index (χ0v) is 15.2. The van der Waals surface area contributed by atoms with E-state index in [0.717, 1.165) is 48.6 Å². The Bertz CT molecular complexity index is 689. The van der Waals surface area contributed by atoms with Crippen molar-refractivity contribution in [1.29, 1.82) is 0 Å². The number of piperazine rings is 1.